The number of allylic oxidation sites excluding steroid dienone is 2. The number of hydrogen-bond acceptors (Lipinski definition) is 2. The molecular weight excluding hydrogens is 330 g/mol. The van der Waals surface area contributed by atoms with Gasteiger partial charge < -0.3 is 0 Å². The Morgan fingerprint density at radius 1 is 1.26 bits per heavy atom. The van der Waals surface area contributed by atoms with Crippen molar-refractivity contribution in [1.29, 1.82) is 5.26 Å². The molecule has 5 aliphatic rings. The molecule has 4 fully saturated rings. The molecule has 0 aromatic carbocycles. The molecule has 0 heterocycles. The van der Waals surface area contributed by atoms with E-state index >= 15 is 0 Å². The van der Waals surface area contributed by atoms with E-state index in [4.69, 9.17) is 0 Å². The summed E-state index contributed by atoms with van der Waals surface area (Å²) in [6, 6.07) is 2.30. The van der Waals surface area contributed by atoms with Gasteiger partial charge in [0.1, 0.15) is 5.92 Å². The van der Waals surface area contributed by atoms with Gasteiger partial charge in [-0.3, -0.25) is 4.79 Å². The van der Waals surface area contributed by atoms with Gasteiger partial charge in [-0.25, -0.2) is 0 Å². The van der Waals surface area contributed by atoms with Crippen LogP contribution in [0.3, 0.4) is 0 Å². The first-order chi connectivity index (χ1) is 13.0. The Morgan fingerprint density at radius 3 is 2.70 bits per heavy atom. The van der Waals surface area contributed by atoms with Gasteiger partial charge in [0.05, 0.1) is 6.07 Å². The first-order valence-corrected chi connectivity index (χ1v) is 11.3. The topological polar surface area (TPSA) is 40.9 Å². The second-order valence-electron chi connectivity index (χ2n) is 10.6. The number of nitriles is 1. The monoisotopic (exact) mass is 363 g/mol. The maximum atomic E-state index is 12.4. The third kappa shape index (κ3) is 2.46. The molecule has 27 heavy (non-hydrogen) atoms. The number of carbonyl (C=O) groups is 1. The fourth-order valence-corrected chi connectivity index (χ4v) is 8.23. The second kappa shape index (κ2) is 6.07. The normalized spacial score (nSPS) is 48.9. The summed E-state index contributed by atoms with van der Waals surface area (Å²) in [6.07, 6.45) is 11.7. The van der Waals surface area contributed by atoms with Crippen molar-refractivity contribution in [3.05, 3.63) is 23.8 Å². The van der Waals surface area contributed by atoms with Crippen molar-refractivity contribution in [3.63, 3.8) is 0 Å². The van der Waals surface area contributed by atoms with Gasteiger partial charge in [0.2, 0.25) is 0 Å². The molecule has 2 heteroatoms. The minimum Gasteiger partial charge on any atom is -0.293 e. The van der Waals surface area contributed by atoms with Crippen molar-refractivity contribution in [2.75, 3.05) is 0 Å². The van der Waals surface area contributed by atoms with Crippen LogP contribution >= 0.6 is 0 Å². The van der Waals surface area contributed by atoms with Crippen LogP contribution < -0.4 is 0 Å². The highest BCUT2D eigenvalue weighted by atomic mass is 16.1. The predicted molar refractivity (Wildman–Crippen MR) is 106 cm³/mol. The fourth-order valence-electron chi connectivity index (χ4n) is 8.23. The lowest BCUT2D eigenvalue weighted by Crippen LogP contribution is -2.50. The van der Waals surface area contributed by atoms with Crippen molar-refractivity contribution in [2.24, 2.45) is 52.8 Å². The average Bonchev–Trinajstić information content (AvgIpc) is 3.44. The molecule has 0 bridgehead atoms. The quantitative estimate of drug-likeness (QED) is 0.590. The van der Waals surface area contributed by atoms with Gasteiger partial charge in [-0.15, -0.1) is 0 Å². The molecule has 2 nitrogen and oxygen atoms in total. The Labute approximate surface area is 164 Å². The Morgan fingerprint density at radius 2 is 2.04 bits per heavy atom. The van der Waals surface area contributed by atoms with Gasteiger partial charge in [0, 0.05) is 0 Å². The third-order valence-corrected chi connectivity index (χ3v) is 9.50. The van der Waals surface area contributed by atoms with Crippen molar-refractivity contribution in [1.82, 2.24) is 0 Å². The summed E-state index contributed by atoms with van der Waals surface area (Å²) in [4.78, 5) is 12.4. The van der Waals surface area contributed by atoms with Crippen molar-refractivity contribution >= 4 is 5.78 Å². The van der Waals surface area contributed by atoms with E-state index in [0.717, 1.165) is 36.5 Å². The largest absolute Gasteiger partial charge is 0.293 e. The first kappa shape index (κ1) is 17.7. The minimum atomic E-state index is -0.396. The van der Waals surface area contributed by atoms with E-state index in [1.54, 1.807) is 0 Å². The zero-order valence-corrected chi connectivity index (χ0v) is 16.9. The van der Waals surface area contributed by atoms with Crippen LogP contribution in [0.15, 0.2) is 23.8 Å². The zero-order chi connectivity index (χ0) is 18.9. The lowest BCUT2D eigenvalue weighted by molar-refractivity contribution is -0.119. The van der Waals surface area contributed by atoms with Gasteiger partial charge in [-0.1, -0.05) is 31.6 Å². The van der Waals surface area contributed by atoms with Crippen LogP contribution in [0, 0.1) is 64.1 Å². The number of ketones is 1. The molecule has 0 spiro atoms. The Balaban J connectivity index is 1.54. The molecule has 5 rings (SSSR count). The molecular formula is C25H33NO. The molecule has 1 unspecified atom stereocenters. The molecule has 0 N–H and O–H groups in total. The molecule has 5 aliphatic carbocycles. The summed E-state index contributed by atoms with van der Waals surface area (Å²) >= 11 is 0. The molecule has 0 saturated heterocycles. The van der Waals surface area contributed by atoms with E-state index in [2.05, 4.69) is 26.5 Å². The van der Waals surface area contributed by atoms with E-state index in [-0.39, 0.29) is 5.78 Å². The SMILES string of the molecule is C=C1C[C@H]2[C@H]3[C@H](CC[C@]2(C)[C@@H]1CC)[C@H]1CC(C#N)C(=O)C=C1C[C@H]3C1CC1. The number of fused-ring (bicyclic) bond motifs is 5. The van der Waals surface area contributed by atoms with Gasteiger partial charge in [-0.05, 0) is 104 Å². The maximum absolute atomic E-state index is 12.4. The number of carbonyl (C=O) groups excluding carboxylic acids is 1. The Kier molecular flexibility index (Phi) is 3.98. The zero-order valence-electron chi connectivity index (χ0n) is 16.9. The lowest BCUT2D eigenvalue weighted by Gasteiger charge is -2.57. The summed E-state index contributed by atoms with van der Waals surface area (Å²) in [7, 11) is 0. The fraction of sp³-hybridized carbons (Fsp3) is 0.760. The third-order valence-electron chi connectivity index (χ3n) is 9.50. The van der Waals surface area contributed by atoms with Gasteiger partial charge in [0.25, 0.3) is 0 Å². The van der Waals surface area contributed by atoms with Crippen LogP contribution in [0.25, 0.3) is 0 Å². The van der Waals surface area contributed by atoms with Gasteiger partial charge >= 0.3 is 0 Å². The van der Waals surface area contributed by atoms with Crippen molar-refractivity contribution in [3.8, 4) is 6.07 Å². The van der Waals surface area contributed by atoms with Crippen molar-refractivity contribution in [2.45, 2.75) is 65.2 Å². The molecule has 0 amide bonds. The summed E-state index contributed by atoms with van der Waals surface area (Å²) in [5, 5.41) is 9.48. The molecule has 0 aromatic heterocycles. The van der Waals surface area contributed by atoms with Crippen LogP contribution in [0.4, 0.5) is 0 Å². The highest BCUT2D eigenvalue weighted by molar-refractivity contribution is 5.95. The molecule has 0 aliphatic heterocycles. The second-order valence-corrected chi connectivity index (χ2v) is 10.6. The van der Waals surface area contributed by atoms with Crippen LogP contribution in [0.2, 0.25) is 0 Å². The number of nitrogens with zero attached hydrogens (tertiary/aromatic N) is 1. The van der Waals surface area contributed by atoms with E-state index in [1.165, 1.54) is 49.7 Å². The maximum Gasteiger partial charge on any atom is 0.172 e. The summed E-state index contributed by atoms with van der Waals surface area (Å²) in [5.41, 5.74) is 3.35. The Hall–Kier alpha value is -1.36. The molecule has 0 radical (unpaired) electrons. The highest BCUT2D eigenvalue weighted by Crippen LogP contribution is 2.68. The van der Waals surface area contributed by atoms with E-state index in [0.29, 0.717) is 23.2 Å². The number of rotatable bonds is 2. The predicted octanol–water partition coefficient (Wildman–Crippen LogP) is 5.71. The molecule has 144 valence electrons. The summed E-state index contributed by atoms with van der Waals surface area (Å²) in [6.45, 7) is 9.43. The first-order valence-electron chi connectivity index (χ1n) is 11.3. The molecule has 8 atom stereocenters. The van der Waals surface area contributed by atoms with E-state index < -0.39 is 5.92 Å². The van der Waals surface area contributed by atoms with Crippen molar-refractivity contribution < 1.29 is 4.79 Å². The lowest BCUT2D eigenvalue weighted by atomic mass is 9.47. The number of hydrogen-bond donors (Lipinski definition) is 0. The smallest absolute Gasteiger partial charge is 0.172 e. The summed E-state index contributed by atoms with van der Waals surface area (Å²) in [5.74, 6) is 4.80. The van der Waals surface area contributed by atoms with Crippen LogP contribution in [-0.4, -0.2) is 5.78 Å². The van der Waals surface area contributed by atoms with Crippen LogP contribution in [0.1, 0.15) is 65.2 Å². The van der Waals surface area contributed by atoms with Gasteiger partial charge in [-0.2, -0.15) is 5.26 Å². The highest BCUT2D eigenvalue weighted by Gasteiger charge is 2.60. The standard InChI is InChI=1S/C25H33NO/c1-4-21-14(2)9-22-24-18(7-8-25(21,22)3)19-11-17(13-26)23(27)12-16(19)10-20(24)15-5-6-15/h12,15,17-22,24H,2,4-11H2,1,3H3/t17?,18-,19+,20+,21-,22+,24+,25-/m1/s1. The van der Waals surface area contributed by atoms with E-state index in [1.807, 2.05) is 6.08 Å². The summed E-state index contributed by atoms with van der Waals surface area (Å²) < 4.78 is 0. The molecule has 4 saturated carbocycles. The average molecular weight is 364 g/mol. The Bertz CT molecular complexity index is 753. The van der Waals surface area contributed by atoms with Gasteiger partial charge in [0.15, 0.2) is 5.78 Å². The molecule has 0 aromatic rings. The minimum absolute atomic E-state index is 0.0812. The van der Waals surface area contributed by atoms with Crippen LogP contribution in [-0.2, 0) is 4.79 Å². The van der Waals surface area contributed by atoms with E-state index in [9.17, 15) is 10.1 Å². The van der Waals surface area contributed by atoms with Crippen LogP contribution in [0.5, 0.6) is 0 Å².